The van der Waals surface area contributed by atoms with E-state index in [-0.39, 0.29) is 42.0 Å². The molecular weight excluding hydrogens is 512 g/mol. The minimum Gasteiger partial charge on any atom is -0.507 e. The highest BCUT2D eigenvalue weighted by Crippen LogP contribution is 2.38. The van der Waals surface area contributed by atoms with E-state index in [9.17, 15) is 20.4 Å². The van der Waals surface area contributed by atoms with Crippen LogP contribution in [0.1, 0.15) is 102 Å². The van der Waals surface area contributed by atoms with Crippen molar-refractivity contribution in [1.82, 2.24) is 0 Å². The van der Waals surface area contributed by atoms with Crippen LogP contribution in [0.5, 0.6) is 11.5 Å². The zero-order valence-electron chi connectivity index (χ0n) is 23.7. The third-order valence-corrected chi connectivity index (χ3v) is 7.94. The lowest BCUT2D eigenvalue weighted by molar-refractivity contribution is -0.251. The van der Waals surface area contributed by atoms with Crippen LogP contribution in [0.3, 0.4) is 0 Å². The van der Waals surface area contributed by atoms with Crippen LogP contribution in [-0.2, 0) is 18.9 Å². The molecular formula is C32H46O8. The summed E-state index contributed by atoms with van der Waals surface area (Å²) < 4.78 is 24.5. The zero-order valence-corrected chi connectivity index (χ0v) is 23.7. The molecule has 2 aromatic rings. The molecule has 2 aromatic carbocycles. The first kappa shape index (κ1) is 30.8. The number of benzene rings is 2. The Labute approximate surface area is 237 Å². The first-order valence-corrected chi connectivity index (χ1v) is 14.9. The lowest BCUT2D eigenvalue weighted by Crippen LogP contribution is -2.35. The molecule has 8 heteroatoms. The van der Waals surface area contributed by atoms with Crippen LogP contribution in [-0.4, -0.2) is 57.0 Å². The minimum atomic E-state index is -0.653. The first-order valence-electron chi connectivity index (χ1n) is 14.9. The van der Waals surface area contributed by atoms with Crippen molar-refractivity contribution in [2.24, 2.45) is 0 Å². The molecule has 2 aliphatic rings. The molecule has 2 aliphatic heterocycles. The fraction of sp³-hybridized carbons (Fsp3) is 0.625. The van der Waals surface area contributed by atoms with E-state index in [0.29, 0.717) is 30.4 Å². The second-order valence-electron chi connectivity index (χ2n) is 11.3. The van der Waals surface area contributed by atoms with E-state index in [2.05, 4.69) is 0 Å². The van der Waals surface area contributed by atoms with Crippen LogP contribution in [0, 0.1) is 0 Å². The van der Waals surface area contributed by atoms with Gasteiger partial charge in [-0.15, -0.1) is 0 Å². The summed E-state index contributed by atoms with van der Waals surface area (Å²) in [4.78, 5) is 0. The minimum absolute atomic E-state index is 0.0270. The summed E-state index contributed by atoms with van der Waals surface area (Å²) >= 11 is 0. The third kappa shape index (κ3) is 8.90. The predicted octanol–water partition coefficient (Wildman–Crippen LogP) is 6.03. The summed E-state index contributed by atoms with van der Waals surface area (Å²) in [6.45, 7) is 3.97. The average molecular weight is 559 g/mol. The first-order chi connectivity index (χ1) is 19.3. The van der Waals surface area contributed by atoms with Crippen LogP contribution in [0.25, 0.3) is 0 Å². The lowest BCUT2D eigenvalue weighted by Gasteiger charge is -2.37. The van der Waals surface area contributed by atoms with Crippen molar-refractivity contribution < 1.29 is 39.4 Å². The van der Waals surface area contributed by atoms with E-state index in [1.165, 1.54) is 0 Å². The maximum Gasteiger partial charge on any atom is 0.188 e. The Kier molecular flexibility index (Phi) is 11.6. The maximum atomic E-state index is 10.8. The Hall–Kier alpha value is -2.20. The number of ether oxygens (including phenoxy) is 4. The summed E-state index contributed by atoms with van der Waals surface area (Å²) in [6, 6.07) is 14.1. The standard InChI is InChI=1S/C32H46O8/c1-3-22(33)10-8-12-24-20-25(39-32(38-24)28-15-5-7-17-30(28)36)13-9-11-23(34)19-26-18-21(2)37-31(40-26)27-14-4-6-16-29(27)35/h4-7,14-17,21-26,31-36H,3,8-13,18-20H2,1-2H3. The van der Waals surface area contributed by atoms with Gasteiger partial charge in [0.2, 0.25) is 0 Å². The molecule has 0 aliphatic carbocycles. The molecule has 222 valence electrons. The average Bonchev–Trinajstić information content (AvgIpc) is 2.93. The van der Waals surface area contributed by atoms with Gasteiger partial charge < -0.3 is 39.4 Å². The van der Waals surface area contributed by atoms with Crippen LogP contribution in [0.2, 0.25) is 0 Å². The quantitative estimate of drug-likeness (QED) is 0.236. The third-order valence-electron chi connectivity index (χ3n) is 7.94. The van der Waals surface area contributed by atoms with Crippen LogP contribution >= 0.6 is 0 Å². The second kappa shape index (κ2) is 15.1. The Morgan fingerprint density at radius 3 is 1.75 bits per heavy atom. The zero-order chi connectivity index (χ0) is 28.5. The number of hydrogen-bond donors (Lipinski definition) is 4. The number of phenols is 2. The number of para-hydroxylation sites is 2. The van der Waals surface area contributed by atoms with Gasteiger partial charge in [0.05, 0.1) is 36.6 Å². The molecule has 40 heavy (non-hydrogen) atoms. The van der Waals surface area contributed by atoms with E-state index in [1.54, 1.807) is 30.3 Å². The monoisotopic (exact) mass is 558 g/mol. The van der Waals surface area contributed by atoms with Crippen molar-refractivity contribution in [2.45, 2.75) is 127 Å². The highest BCUT2D eigenvalue weighted by Gasteiger charge is 2.33. The summed E-state index contributed by atoms with van der Waals surface area (Å²) in [6.07, 6.45) is 4.84. The van der Waals surface area contributed by atoms with E-state index in [0.717, 1.165) is 44.9 Å². The van der Waals surface area contributed by atoms with Crippen molar-refractivity contribution in [3.63, 3.8) is 0 Å². The molecule has 0 amide bonds. The number of aromatic hydroxyl groups is 2. The fourth-order valence-corrected chi connectivity index (χ4v) is 5.66. The highest BCUT2D eigenvalue weighted by atomic mass is 16.7. The van der Waals surface area contributed by atoms with Crippen LogP contribution in [0.4, 0.5) is 0 Å². The molecule has 8 unspecified atom stereocenters. The van der Waals surface area contributed by atoms with Gasteiger partial charge in [-0.05, 0) is 76.8 Å². The summed E-state index contributed by atoms with van der Waals surface area (Å²) in [5.41, 5.74) is 1.22. The van der Waals surface area contributed by atoms with E-state index >= 15 is 0 Å². The van der Waals surface area contributed by atoms with E-state index in [1.807, 2.05) is 32.0 Å². The van der Waals surface area contributed by atoms with Gasteiger partial charge in [0.25, 0.3) is 0 Å². The Bertz CT molecular complexity index is 1030. The van der Waals surface area contributed by atoms with Gasteiger partial charge in [-0.3, -0.25) is 0 Å². The predicted molar refractivity (Wildman–Crippen MR) is 151 cm³/mol. The number of aliphatic hydroxyl groups is 2. The van der Waals surface area contributed by atoms with Crippen LogP contribution in [0.15, 0.2) is 48.5 Å². The fourth-order valence-electron chi connectivity index (χ4n) is 5.66. The van der Waals surface area contributed by atoms with E-state index in [4.69, 9.17) is 18.9 Å². The molecule has 0 bridgehead atoms. The van der Waals surface area contributed by atoms with Crippen molar-refractivity contribution in [3.8, 4) is 11.5 Å². The van der Waals surface area contributed by atoms with Gasteiger partial charge in [0.1, 0.15) is 11.5 Å². The molecule has 0 spiro atoms. The topological polar surface area (TPSA) is 118 Å². The maximum absolute atomic E-state index is 10.8. The molecule has 2 saturated heterocycles. The molecule has 0 radical (unpaired) electrons. The molecule has 0 aromatic heterocycles. The largest absolute Gasteiger partial charge is 0.507 e. The lowest BCUT2D eigenvalue weighted by atomic mass is 9.96. The summed E-state index contributed by atoms with van der Waals surface area (Å²) in [5, 5.41) is 41.4. The van der Waals surface area contributed by atoms with Gasteiger partial charge in [-0.25, -0.2) is 0 Å². The van der Waals surface area contributed by atoms with Crippen molar-refractivity contribution >= 4 is 0 Å². The molecule has 2 fully saturated rings. The van der Waals surface area contributed by atoms with Gasteiger partial charge >= 0.3 is 0 Å². The molecule has 0 saturated carbocycles. The number of aliphatic hydroxyl groups excluding tert-OH is 2. The molecule has 4 N–H and O–H groups in total. The number of hydrogen-bond acceptors (Lipinski definition) is 8. The Morgan fingerprint density at radius 2 is 1.20 bits per heavy atom. The number of phenolic OH excluding ortho intramolecular Hbond substituents is 2. The molecule has 8 atom stereocenters. The van der Waals surface area contributed by atoms with Crippen LogP contribution < -0.4 is 0 Å². The van der Waals surface area contributed by atoms with Crippen molar-refractivity contribution in [2.75, 3.05) is 0 Å². The smallest absolute Gasteiger partial charge is 0.188 e. The molecule has 8 nitrogen and oxygen atoms in total. The van der Waals surface area contributed by atoms with Gasteiger partial charge in [-0.1, -0.05) is 43.3 Å². The van der Waals surface area contributed by atoms with Crippen molar-refractivity contribution in [1.29, 1.82) is 0 Å². The molecule has 2 heterocycles. The van der Waals surface area contributed by atoms with Gasteiger partial charge in [0, 0.05) is 17.5 Å². The van der Waals surface area contributed by atoms with Crippen molar-refractivity contribution in [3.05, 3.63) is 59.7 Å². The summed E-state index contributed by atoms with van der Waals surface area (Å²) in [5.74, 6) is 0.288. The van der Waals surface area contributed by atoms with Gasteiger partial charge in [0.15, 0.2) is 12.6 Å². The normalized spacial score (nSPS) is 28.7. The second-order valence-corrected chi connectivity index (χ2v) is 11.3. The Morgan fingerprint density at radius 1 is 0.700 bits per heavy atom. The highest BCUT2D eigenvalue weighted by molar-refractivity contribution is 5.33. The van der Waals surface area contributed by atoms with Gasteiger partial charge in [-0.2, -0.15) is 0 Å². The SMILES string of the molecule is CCC(O)CCCC1CC(CCCC(O)CC2CC(C)OC(c3ccccc3O)O2)OC(c2ccccc2O)O1. The summed E-state index contributed by atoms with van der Waals surface area (Å²) in [7, 11) is 0. The molecule has 4 rings (SSSR count). The van der Waals surface area contributed by atoms with E-state index < -0.39 is 18.7 Å². The Balaban J connectivity index is 1.28. The number of rotatable bonds is 13.